The first-order chi connectivity index (χ1) is 13.3. The SMILES string of the molecule is COc1ccc2[nH]c(C)c(CCNS(=O)(=O)c3cc(Br)c(C)cc3OC)c2c1. The molecular weight excluding hydrogens is 444 g/mol. The van der Waals surface area contributed by atoms with Crippen LogP contribution in [0.4, 0.5) is 0 Å². The third-order valence-electron chi connectivity index (χ3n) is 4.73. The van der Waals surface area contributed by atoms with Gasteiger partial charge >= 0.3 is 0 Å². The Hall–Kier alpha value is -2.03. The average molecular weight is 467 g/mol. The maximum Gasteiger partial charge on any atom is 0.244 e. The summed E-state index contributed by atoms with van der Waals surface area (Å²) in [5.74, 6) is 1.09. The second kappa shape index (κ2) is 8.14. The molecule has 0 aliphatic carbocycles. The normalized spacial score (nSPS) is 11.8. The molecule has 0 aliphatic heterocycles. The highest BCUT2D eigenvalue weighted by Crippen LogP contribution is 2.30. The lowest BCUT2D eigenvalue weighted by Crippen LogP contribution is -2.26. The molecule has 0 atom stereocenters. The fourth-order valence-corrected chi connectivity index (χ4v) is 4.91. The van der Waals surface area contributed by atoms with Gasteiger partial charge in [0.1, 0.15) is 16.4 Å². The minimum absolute atomic E-state index is 0.116. The van der Waals surface area contributed by atoms with Crippen molar-refractivity contribution in [1.29, 1.82) is 0 Å². The van der Waals surface area contributed by atoms with E-state index in [9.17, 15) is 8.42 Å². The van der Waals surface area contributed by atoms with E-state index in [1.807, 2.05) is 32.0 Å². The number of rotatable bonds is 7. The van der Waals surface area contributed by atoms with Crippen molar-refractivity contribution in [2.24, 2.45) is 0 Å². The lowest BCUT2D eigenvalue weighted by Gasteiger charge is -2.13. The minimum Gasteiger partial charge on any atom is -0.497 e. The second-order valence-electron chi connectivity index (χ2n) is 6.54. The number of aromatic amines is 1. The summed E-state index contributed by atoms with van der Waals surface area (Å²) in [4.78, 5) is 3.45. The lowest BCUT2D eigenvalue weighted by atomic mass is 10.1. The summed E-state index contributed by atoms with van der Waals surface area (Å²) in [5, 5.41) is 1.03. The monoisotopic (exact) mass is 466 g/mol. The molecule has 28 heavy (non-hydrogen) atoms. The molecule has 0 spiro atoms. The van der Waals surface area contributed by atoms with Gasteiger partial charge in [0.05, 0.1) is 14.2 Å². The molecule has 3 rings (SSSR count). The van der Waals surface area contributed by atoms with Crippen LogP contribution in [-0.4, -0.2) is 34.2 Å². The average Bonchev–Trinajstić information content (AvgIpc) is 2.98. The number of hydrogen-bond donors (Lipinski definition) is 2. The van der Waals surface area contributed by atoms with E-state index in [1.165, 1.54) is 7.11 Å². The van der Waals surface area contributed by atoms with E-state index >= 15 is 0 Å². The number of methoxy groups -OCH3 is 2. The summed E-state index contributed by atoms with van der Waals surface area (Å²) >= 11 is 3.39. The Labute approximate surface area is 173 Å². The van der Waals surface area contributed by atoms with Crippen LogP contribution in [0.2, 0.25) is 0 Å². The van der Waals surface area contributed by atoms with Crippen molar-refractivity contribution in [2.45, 2.75) is 25.2 Å². The standard InChI is InChI=1S/C20H23BrN2O4S/c1-12-9-19(27-4)20(11-17(12)21)28(24,25)22-8-7-15-13(2)23-18-6-5-14(26-3)10-16(15)18/h5-6,9-11,22-23H,7-8H2,1-4H3. The van der Waals surface area contributed by atoms with Gasteiger partial charge in [-0.05, 0) is 61.7 Å². The molecule has 0 unspecified atom stereocenters. The van der Waals surface area contributed by atoms with Crippen molar-refractivity contribution in [1.82, 2.24) is 9.71 Å². The first kappa shape index (κ1) is 20.7. The van der Waals surface area contributed by atoms with E-state index < -0.39 is 10.0 Å². The summed E-state index contributed by atoms with van der Waals surface area (Å²) in [5.41, 5.74) is 3.98. The van der Waals surface area contributed by atoms with Crippen LogP contribution in [0.25, 0.3) is 10.9 Å². The molecule has 0 bridgehead atoms. The van der Waals surface area contributed by atoms with Crippen molar-refractivity contribution in [3.63, 3.8) is 0 Å². The molecular formula is C20H23BrN2O4S. The zero-order valence-corrected chi connectivity index (χ0v) is 18.6. The Morgan fingerprint density at radius 2 is 1.86 bits per heavy atom. The number of H-pyrrole nitrogens is 1. The van der Waals surface area contributed by atoms with Crippen molar-refractivity contribution in [3.8, 4) is 11.5 Å². The van der Waals surface area contributed by atoms with Gasteiger partial charge in [-0.25, -0.2) is 13.1 Å². The number of benzene rings is 2. The van der Waals surface area contributed by atoms with Gasteiger partial charge in [0.15, 0.2) is 0 Å². The van der Waals surface area contributed by atoms with Crippen LogP contribution in [0.1, 0.15) is 16.8 Å². The van der Waals surface area contributed by atoms with Gasteiger partial charge in [-0.15, -0.1) is 0 Å². The molecule has 0 fully saturated rings. The molecule has 2 aromatic carbocycles. The quantitative estimate of drug-likeness (QED) is 0.549. The Balaban J connectivity index is 1.82. The molecule has 0 radical (unpaired) electrons. The van der Waals surface area contributed by atoms with E-state index in [-0.39, 0.29) is 11.4 Å². The number of fused-ring (bicyclic) bond motifs is 1. The van der Waals surface area contributed by atoms with Crippen LogP contribution in [0, 0.1) is 13.8 Å². The van der Waals surface area contributed by atoms with Crippen LogP contribution in [0.5, 0.6) is 11.5 Å². The zero-order chi connectivity index (χ0) is 20.5. The first-order valence-electron chi connectivity index (χ1n) is 8.76. The van der Waals surface area contributed by atoms with Crippen LogP contribution >= 0.6 is 15.9 Å². The Bertz CT molecular complexity index is 1120. The minimum atomic E-state index is -3.71. The first-order valence-corrected chi connectivity index (χ1v) is 11.0. The molecule has 0 amide bonds. The predicted molar refractivity (Wildman–Crippen MR) is 114 cm³/mol. The van der Waals surface area contributed by atoms with Crippen molar-refractivity contribution in [2.75, 3.05) is 20.8 Å². The Morgan fingerprint density at radius 1 is 1.11 bits per heavy atom. The molecule has 1 heterocycles. The highest BCUT2D eigenvalue weighted by Gasteiger charge is 2.21. The Kier molecular flexibility index (Phi) is 6.02. The van der Waals surface area contributed by atoms with E-state index in [0.29, 0.717) is 16.6 Å². The molecule has 150 valence electrons. The van der Waals surface area contributed by atoms with Gasteiger partial charge in [-0.1, -0.05) is 15.9 Å². The maximum absolute atomic E-state index is 12.8. The molecule has 1 aromatic heterocycles. The van der Waals surface area contributed by atoms with Crippen molar-refractivity contribution < 1.29 is 17.9 Å². The fraction of sp³-hybridized carbons (Fsp3) is 0.300. The number of aryl methyl sites for hydroxylation is 2. The maximum atomic E-state index is 12.8. The van der Waals surface area contributed by atoms with Crippen molar-refractivity contribution >= 4 is 36.9 Å². The smallest absolute Gasteiger partial charge is 0.244 e. The number of sulfonamides is 1. The Morgan fingerprint density at radius 3 is 2.54 bits per heavy atom. The number of ether oxygens (including phenoxy) is 2. The second-order valence-corrected chi connectivity index (χ2v) is 9.13. The summed E-state index contributed by atoms with van der Waals surface area (Å²) in [7, 11) is -0.625. The molecule has 0 saturated carbocycles. The highest BCUT2D eigenvalue weighted by molar-refractivity contribution is 9.10. The van der Waals surface area contributed by atoms with E-state index in [4.69, 9.17) is 9.47 Å². The lowest BCUT2D eigenvalue weighted by molar-refractivity contribution is 0.402. The third kappa shape index (κ3) is 4.04. The van der Waals surface area contributed by atoms with Crippen LogP contribution in [0.15, 0.2) is 39.7 Å². The summed E-state index contributed by atoms with van der Waals surface area (Å²) in [6.45, 7) is 4.13. The topological polar surface area (TPSA) is 80.4 Å². The number of hydrogen-bond acceptors (Lipinski definition) is 4. The van der Waals surface area contributed by atoms with E-state index in [1.54, 1.807) is 19.2 Å². The van der Waals surface area contributed by atoms with Gasteiger partial charge in [0.2, 0.25) is 10.0 Å². The van der Waals surface area contributed by atoms with E-state index in [0.717, 1.165) is 33.5 Å². The van der Waals surface area contributed by atoms with Crippen molar-refractivity contribution in [3.05, 3.63) is 51.6 Å². The largest absolute Gasteiger partial charge is 0.497 e. The van der Waals surface area contributed by atoms with Gasteiger partial charge < -0.3 is 14.5 Å². The number of halogens is 1. The summed E-state index contributed by atoms with van der Waals surface area (Å²) in [6.07, 6.45) is 0.549. The molecule has 6 nitrogen and oxygen atoms in total. The highest BCUT2D eigenvalue weighted by atomic mass is 79.9. The molecule has 8 heteroatoms. The van der Waals surface area contributed by atoms with Crippen LogP contribution < -0.4 is 14.2 Å². The van der Waals surface area contributed by atoms with E-state index in [2.05, 4.69) is 25.6 Å². The zero-order valence-electron chi connectivity index (χ0n) is 16.2. The molecule has 0 saturated heterocycles. The molecule has 3 aromatic rings. The molecule has 2 N–H and O–H groups in total. The van der Waals surface area contributed by atoms with Gasteiger partial charge in [-0.2, -0.15) is 0 Å². The summed E-state index contributed by atoms with van der Waals surface area (Å²) in [6, 6.07) is 9.09. The van der Waals surface area contributed by atoms with Crippen LogP contribution in [-0.2, 0) is 16.4 Å². The molecule has 0 aliphatic rings. The van der Waals surface area contributed by atoms with Gasteiger partial charge in [0.25, 0.3) is 0 Å². The predicted octanol–water partition coefficient (Wildman–Crippen LogP) is 4.09. The van der Waals surface area contributed by atoms with Gasteiger partial charge in [0, 0.05) is 27.6 Å². The fourth-order valence-electron chi connectivity index (χ4n) is 3.21. The van der Waals surface area contributed by atoms with Crippen LogP contribution in [0.3, 0.4) is 0 Å². The number of nitrogens with one attached hydrogen (secondary N) is 2. The summed E-state index contributed by atoms with van der Waals surface area (Å²) < 4.78 is 39.6. The third-order valence-corrected chi connectivity index (χ3v) is 7.06. The van der Waals surface area contributed by atoms with Gasteiger partial charge in [-0.3, -0.25) is 0 Å². The number of aromatic nitrogens is 1.